The van der Waals surface area contributed by atoms with Gasteiger partial charge >= 0.3 is 0 Å². The van der Waals surface area contributed by atoms with Crippen molar-refractivity contribution in [3.63, 3.8) is 0 Å². The molecule has 0 saturated carbocycles. The number of carbonyl (C=O) groups is 2. The van der Waals surface area contributed by atoms with E-state index in [0.717, 1.165) is 9.13 Å². The van der Waals surface area contributed by atoms with Crippen molar-refractivity contribution in [2.24, 2.45) is 0 Å². The molecule has 156 valence electrons. The third-order valence-electron chi connectivity index (χ3n) is 3.99. The maximum atomic E-state index is 12.2. The van der Waals surface area contributed by atoms with Gasteiger partial charge in [-0.1, -0.05) is 41.6 Å². The highest BCUT2D eigenvalue weighted by Crippen LogP contribution is 2.37. The number of thiocarbonyl (C=S) groups is 1. The first-order valence-corrected chi connectivity index (χ1v) is 11.2. The summed E-state index contributed by atoms with van der Waals surface area (Å²) in [7, 11) is 3.16. The van der Waals surface area contributed by atoms with Crippen LogP contribution in [0.15, 0.2) is 41.3 Å². The van der Waals surface area contributed by atoms with E-state index in [1.54, 1.807) is 43.5 Å². The number of likely N-dealkylation sites (N-methyl/N-ethyl adjacent to an activating group) is 1. The van der Waals surface area contributed by atoms with Crippen molar-refractivity contribution in [2.45, 2.75) is 0 Å². The lowest BCUT2D eigenvalue weighted by Crippen LogP contribution is -2.22. The molecule has 3 rings (SSSR count). The van der Waals surface area contributed by atoms with Crippen molar-refractivity contribution in [1.82, 2.24) is 4.90 Å². The summed E-state index contributed by atoms with van der Waals surface area (Å²) < 4.78 is 12.4. The van der Waals surface area contributed by atoms with Gasteiger partial charge in [0.25, 0.3) is 11.8 Å². The summed E-state index contributed by atoms with van der Waals surface area (Å²) in [4.78, 5) is 26.4. The Labute approximate surface area is 202 Å². The van der Waals surface area contributed by atoms with Gasteiger partial charge in [0.2, 0.25) is 0 Å². The molecule has 2 aromatic rings. The summed E-state index contributed by atoms with van der Waals surface area (Å²) in [5.74, 6) is 0.429. The van der Waals surface area contributed by atoms with Crippen LogP contribution < -0.4 is 14.8 Å². The number of hydrogen-bond donors (Lipinski definition) is 1. The number of anilines is 1. The van der Waals surface area contributed by atoms with Crippen molar-refractivity contribution >= 4 is 86.1 Å². The standard InChI is InChI=1S/C20H16ClIN2O4S2/c1-24-19(26)16(30-20(24)29)8-11-6-14(22)18(15(7-11)27-2)28-10-17(25)23-13-5-3-4-12(21)9-13/h3-9H,10H2,1-2H3,(H,23,25)/b16-8-. The van der Waals surface area contributed by atoms with Crippen LogP contribution in [-0.4, -0.2) is 41.8 Å². The highest BCUT2D eigenvalue weighted by molar-refractivity contribution is 14.1. The van der Waals surface area contributed by atoms with Crippen LogP contribution in [0, 0.1) is 3.57 Å². The Morgan fingerprint density at radius 3 is 2.77 bits per heavy atom. The Bertz CT molecular complexity index is 1060. The van der Waals surface area contributed by atoms with Crippen LogP contribution in [0.25, 0.3) is 6.08 Å². The van der Waals surface area contributed by atoms with Gasteiger partial charge in [-0.3, -0.25) is 14.5 Å². The van der Waals surface area contributed by atoms with Crippen molar-refractivity contribution < 1.29 is 19.1 Å². The zero-order chi connectivity index (χ0) is 21.8. The van der Waals surface area contributed by atoms with Gasteiger partial charge in [0.1, 0.15) is 4.32 Å². The molecule has 10 heteroatoms. The first kappa shape index (κ1) is 22.9. The second-order valence-corrected chi connectivity index (χ2v) is 9.40. The maximum Gasteiger partial charge on any atom is 0.265 e. The summed E-state index contributed by atoms with van der Waals surface area (Å²) in [6.45, 7) is -0.202. The number of nitrogens with one attached hydrogen (secondary N) is 1. The van der Waals surface area contributed by atoms with Crippen molar-refractivity contribution in [1.29, 1.82) is 0 Å². The highest BCUT2D eigenvalue weighted by Gasteiger charge is 2.28. The minimum absolute atomic E-state index is 0.142. The molecular formula is C20H16ClIN2O4S2. The van der Waals surface area contributed by atoms with E-state index >= 15 is 0 Å². The molecule has 1 aliphatic rings. The molecule has 1 N–H and O–H groups in total. The van der Waals surface area contributed by atoms with E-state index < -0.39 is 0 Å². The Kier molecular flexibility index (Phi) is 7.61. The van der Waals surface area contributed by atoms with Gasteiger partial charge in [0.15, 0.2) is 18.1 Å². The second kappa shape index (κ2) is 9.99. The van der Waals surface area contributed by atoms with E-state index in [1.165, 1.54) is 23.8 Å². The summed E-state index contributed by atoms with van der Waals surface area (Å²) in [6.07, 6.45) is 1.75. The first-order valence-electron chi connectivity index (χ1n) is 8.56. The van der Waals surface area contributed by atoms with Crippen LogP contribution in [0.3, 0.4) is 0 Å². The van der Waals surface area contributed by atoms with Gasteiger partial charge in [0, 0.05) is 17.8 Å². The van der Waals surface area contributed by atoms with Crippen molar-refractivity contribution in [2.75, 3.05) is 26.1 Å². The number of ether oxygens (including phenoxy) is 2. The lowest BCUT2D eigenvalue weighted by atomic mass is 10.2. The second-order valence-electron chi connectivity index (χ2n) is 6.12. The predicted molar refractivity (Wildman–Crippen MR) is 132 cm³/mol. The van der Waals surface area contributed by atoms with Gasteiger partial charge in [-0.15, -0.1) is 0 Å². The molecule has 1 aliphatic heterocycles. The van der Waals surface area contributed by atoms with Crippen LogP contribution in [0.4, 0.5) is 5.69 Å². The number of halogens is 2. The monoisotopic (exact) mass is 574 g/mol. The summed E-state index contributed by atoms with van der Waals surface area (Å²) in [5, 5.41) is 3.25. The van der Waals surface area contributed by atoms with Gasteiger partial charge in [0.05, 0.1) is 15.6 Å². The van der Waals surface area contributed by atoms with Crippen molar-refractivity contribution in [3.8, 4) is 11.5 Å². The Hall–Kier alpha value is -1.82. The Morgan fingerprint density at radius 1 is 1.37 bits per heavy atom. The predicted octanol–water partition coefficient (Wildman–Crippen LogP) is 4.80. The van der Waals surface area contributed by atoms with Gasteiger partial charge in [-0.25, -0.2) is 0 Å². The smallest absolute Gasteiger partial charge is 0.265 e. The largest absolute Gasteiger partial charge is 0.493 e. The maximum absolute atomic E-state index is 12.2. The van der Waals surface area contributed by atoms with Crippen LogP contribution in [0.2, 0.25) is 5.02 Å². The van der Waals surface area contributed by atoms with Gasteiger partial charge < -0.3 is 14.8 Å². The number of hydrogen-bond acceptors (Lipinski definition) is 6. The molecule has 0 unspecified atom stereocenters. The first-order chi connectivity index (χ1) is 14.3. The number of thioether (sulfide) groups is 1. The fourth-order valence-corrected chi connectivity index (χ4v) is 4.71. The normalized spacial score (nSPS) is 14.9. The third-order valence-corrected chi connectivity index (χ3v) is 6.51. The lowest BCUT2D eigenvalue weighted by Gasteiger charge is -2.14. The van der Waals surface area contributed by atoms with E-state index in [1.807, 2.05) is 6.07 Å². The lowest BCUT2D eigenvalue weighted by molar-refractivity contribution is -0.121. The number of carbonyl (C=O) groups excluding carboxylic acids is 2. The van der Waals surface area contributed by atoms with E-state index in [-0.39, 0.29) is 18.4 Å². The van der Waals surface area contributed by atoms with E-state index in [0.29, 0.717) is 31.4 Å². The molecular weight excluding hydrogens is 559 g/mol. The number of amides is 2. The molecule has 2 aromatic carbocycles. The molecule has 0 spiro atoms. The van der Waals surface area contributed by atoms with Gasteiger partial charge in [-0.05, 0) is 64.6 Å². The van der Waals surface area contributed by atoms with Crippen LogP contribution >= 0.6 is 58.2 Å². The minimum Gasteiger partial charge on any atom is -0.493 e. The molecule has 1 saturated heterocycles. The fraction of sp³-hybridized carbons (Fsp3) is 0.150. The Balaban J connectivity index is 1.74. The molecule has 6 nitrogen and oxygen atoms in total. The molecule has 0 atom stereocenters. The molecule has 0 aromatic heterocycles. The summed E-state index contributed by atoms with van der Waals surface area (Å²) in [5.41, 5.74) is 1.35. The van der Waals surface area contributed by atoms with Crippen LogP contribution in [-0.2, 0) is 9.59 Å². The topological polar surface area (TPSA) is 67.9 Å². The summed E-state index contributed by atoms with van der Waals surface area (Å²) in [6, 6.07) is 10.4. The molecule has 30 heavy (non-hydrogen) atoms. The quantitative estimate of drug-likeness (QED) is 0.304. The minimum atomic E-state index is -0.328. The average molecular weight is 575 g/mol. The highest BCUT2D eigenvalue weighted by atomic mass is 127. The van der Waals surface area contributed by atoms with Crippen LogP contribution in [0.1, 0.15) is 5.56 Å². The summed E-state index contributed by atoms with van der Waals surface area (Å²) >= 11 is 14.4. The SMILES string of the molecule is COc1cc(/C=C2\SC(=S)N(C)C2=O)cc(I)c1OCC(=O)Nc1cccc(Cl)c1. The van der Waals surface area contributed by atoms with Crippen LogP contribution in [0.5, 0.6) is 11.5 Å². The van der Waals surface area contributed by atoms with E-state index in [9.17, 15) is 9.59 Å². The average Bonchev–Trinajstić information content (AvgIpc) is 2.93. The fourth-order valence-electron chi connectivity index (χ4n) is 2.56. The number of nitrogens with zero attached hydrogens (tertiary/aromatic N) is 1. The molecule has 2 amide bonds. The number of rotatable bonds is 6. The molecule has 0 radical (unpaired) electrons. The zero-order valence-electron chi connectivity index (χ0n) is 15.9. The van der Waals surface area contributed by atoms with Crippen molar-refractivity contribution in [3.05, 3.63) is 55.5 Å². The number of methoxy groups -OCH3 is 1. The Morgan fingerprint density at radius 2 is 2.13 bits per heavy atom. The third kappa shape index (κ3) is 5.45. The molecule has 0 aliphatic carbocycles. The molecule has 0 bridgehead atoms. The molecule has 1 fully saturated rings. The molecule has 1 heterocycles. The van der Waals surface area contributed by atoms with E-state index in [4.69, 9.17) is 33.3 Å². The van der Waals surface area contributed by atoms with E-state index in [2.05, 4.69) is 27.9 Å². The number of benzene rings is 2. The zero-order valence-corrected chi connectivity index (χ0v) is 20.4. The van der Waals surface area contributed by atoms with Gasteiger partial charge in [-0.2, -0.15) is 0 Å².